The molecule has 1 aromatic carbocycles. The molecule has 0 heterocycles. The predicted octanol–water partition coefficient (Wildman–Crippen LogP) is 2.18. The number of allylic oxidation sites excluding steroid dienone is 1. The fourth-order valence-electron chi connectivity index (χ4n) is 1.69. The van der Waals surface area contributed by atoms with Gasteiger partial charge in [-0.3, -0.25) is 9.59 Å². The highest BCUT2D eigenvalue weighted by Gasteiger charge is 2.10. The van der Waals surface area contributed by atoms with Gasteiger partial charge in [0.2, 0.25) is 5.91 Å². The Morgan fingerprint density at radius 1 is 1.15 bits per heavy atom. The van der Waals surface area contributed by atoms with Gasteiger partial charge in [0.05, 0.1) is 0 Å². The van der Waals surface area contributed by atoms with Crippen LogP contribution >= 0.6 is 0 Å². The zero-order valence-electron chi connectivity index (χ0n) is 11.5. The number of nitrogens with one attached hydrogen (secondary N) is 2. The Morgan fingerprint density at radius 2 is 1.90 bits per heavy atom. The fraction of sp³-hybridized carbons (Fsp3) is 0.250. The van der Waals surface area contributed by atoms with Gasteiger partial charge in [0.1, 0.15) is 0 Å². The van der Waals surface area contributed by atoms with Gasteiger partial charge in [-0.25, -0.2) is 0 Å². The summed E-state index contributed by atoms with van der Waals surface area (Å²) in [5.41, 5.74) is 1.36. The van der Waals surface area contributed by atoms with Crippen molar-refractivity contribution in [2.75, 3.05) is 6.54 Å². The van der Waals surface area contributed by atoms with Crippen LogP contribution < -0.4 is 10.6 Å². The normalized spacial score (nSPS) is 9.60. The molecule has 106 valence electrons. The second-order valence-corrected chi connectivity index (χ2v) is 4.27. The minimum atomic E-state index is -0.258. The molecule has 4 heteroatoms. The average Bonchev–Trinajstić information content (AvgIpc) is 2.49. The minimum Gasteiger partial charge on any atom is -0.352 e. The Labute approximate surface area is 119 Å². The lowest BCUT2D eigenvalue weighted by atomic mass is 10.1. The van der Waals surface area contributed by atoms with Crippen molar-refractivity contribution in [2.24, 2.45) is 0 Å². The molecule has 4 nitrogen and oxygen atoms in total. The van der Waals surface area contributed by atoms with E-state index in [0.29, 0.717) is 18.7 Å². The summed E-state index contributed by atoms with van der Waals surface area (Å²) in [7, 11) is 0. The highest BCUT2D eigenvalue weighted by molar-refractivity contribution is 5.95. The largest absolute Gasteiger partial charge is 0.352 e. The van der Waals surface area contributed by atoms with Gasteiger partial charge in [0.15, 0.2) is 0 Å². The molecule has 2 amide bonds. The lowest BCUT2D eigenvalue weighted by molar-refractivity contribution is -0.116. The van der Waals surface area contributed by atoms with E-state index in [9.17, 15) is 9.59 Å². The molecule has 0 atom stereocenters. The Bertz CT molecular complexity index is 495. The van der Waals surface area contributed by atoms with E-state index >= 15 is 0 Å². The summed E-state index contributed by atoms with van der Waals surface area (Å²) in [5.74, 6) is -0.385. The lowest BCUT2D eigenvalue weighted by Crippen LogP contribution is -2.27. The second-order valence-electron chi connectivity index (χ2n) is 4.27. The van der Waals surface area contributed by atoms with Crippen molar-refractivity contribution in [2.45, 2.75) is 19.4 Å². The van der Waals surface area contributed by atoms with Gasteiger partial charge in [0.25, 0.3) is 5.91 Å². The Morgan fingerprint density at radius 3 is 2.60 bits per heavy atom. The zero-order valence-corrected chi connectivity index (χ0v) is 11.5. The van der Waals surface area contributed by atoms with Gasteiger partial charge in [-0.2, -0.15) is 0 Å². The van der Waals surface area contributed by atoms with Crippen LogP contribution in [0.4, 0.5) is 0 Å². The maximum Gasteiger partial charge on any atom is 0.251 e. The fourth-order valence-corrected chi connectivity index (χ4v) is 1.69. The summed E-state index contributed by atoms with van der Waals surface area (Å²) >= 11 is 0. The second kappa shape index (κ2) is 8.69. The van der Waals surface area contributed by atoms with Crippen LogP contribution in [0.1, 0.15) is 28.8 Å². The Kier molecular flexibility index (Phi) is 6.82. The topological polar surface area (TPSA) is 58.2 Å². The van der Waals surface area contributed by atoms with E-state index in [1.807, 2.05) is 18.2 Å². The molecule has 0 unspecified atom stereocenters. The van der Waals surface area contributed by atoms with Crippen LogP contribution in [-0.4, -0.2) is 18.4 Å². The van der Waals surface area contributed by atoms with Crippen LogP contribution in [0.2, 0.25) is 0 Å². The van der Waals surface area contributed by atoms with Gasteiger partial charge < -0.3 is 10.6 Å². The van der Waals surface area contributed by atoms with E-state index in [-0.39, 0.29) is 11.8 Å². The lowest BCUT2D eigenvalue weighted by Gasteiger charge is -2.10. The van der Waals surface area contributed by atoms with Crippen molar-refractivity contribution < 1.29 is 9.59 Å². The van der Waals surface area contributed by atoms with Crippen LogP contribution in [0.15, 0.2) is 49.6 Å². The molecule has 0 radical (unpaired) electrons. The van der Waals surface area contributed by atoms with E-state index in [0.717, 1.165) is 18.4 Å². The first-order valence-corrected chi connectivity index (χ1v) is 6.56. The van der Waals surface area contributed by atoms with E-state index < -0.39 is 0 Å². The highest BCUT2D eigenvalue weighted by atomic mass is 16.2. The Balaban J connectivity index is 2.63. The van der Waals surface area contributed by atoms with E-state index in [4.69, 9.17) is 0 Å². The molecule has 0 aliphatic heterocycles. The van der Waals surface area contributed by atoms with Crippen molar-refractivity contribution in [1.29, 1.82) is 0 Å². The number of carbonyl (C=O) groups is 2. The molecule has 2 N–H and O–H groups in total. The third-order valence-electron chi connectivity index (χ3n) is 2.77. The number of carbonyl (C=O) groups excluding carboxylic acids is 2. The van der Waals surface area contributed by atoms with Gasteiger partial charge in [0, 0.05) is 18.7 Å². The van der Waals surface area contributed by atoms with E-state index in [1.165, 1.54) is 6.08 Å². The number of benzene rings is 1. The van der Waals surface area contributed by atoms with E-state index in [2.05, 4.69) is 23.8 Å². The smallest absolute Gasteiger partial charge is 0.251 e. The highest BCUT2D eigenvalue weighted by Crippen LogP contribution is 2.08. The van der Waals surface area contributed by atoms with E-state index in [1.54, 1.807) is 12.1 Å². The average molecular weight is 272 g/mol. The molecule has 0 aliphatic carbocycles. The SMILES string of the molecule is C=CCCCNC(=O)c1ccccc1CNC(=O)C=C. The van der Waals surface area contributed by atoms with Crippen LogP contribution in [0.3, 0.4) is 0 Å². The minimum absolute atomic E-state index is 0.127. The number of unbranched alkanes of at least 4 members (excludes halogenated alkanes) is 1. The molecular formula is C16H20N2O2. The monoisotopic (exact) mass is 272 g/mol. The number of rotatable bonds is 8. The van der Waals surface area contributed by atoms with Gasteiger partial charge in [-0.15, -0.1) is 6.58 Å². The summed E-state index contributed by atoms with van der Waals surface area (Å²) in [4.78, 5) is 23.2. The summed E-state index contributed by atoms with van der Waals surface area (Å²) < 4.78 is 0. The van der Waals surface area contributed by atoms with Gasteiger partial charge >= 0.3 is 0 Å². The summed E-state index contributed by atoms with van der Waals surface area (Å²) in [6.45, 7) is 7.94. The predicted molar refractivity (Wildman–Crippen MR) is 80.2 cm³/mol. The van der Waals surface area contributed by atoms with Crippen LogP contribution in [-0.2, 0) is 11.3 Å². The molecular weight excluding hydrogens is 252 g/mol. The quantitative estimate of drug-likeness (QED) is 0.433. The molecule has 20 heavy (non-hydrogen) atoms. The molecule has 0 aliphatic rings. The molecule has 0 saturated heterocycles. The van der Waals surface area contributed by atoms with Crippen molar-refractivity contribution in [3.63, 3.8) is 0 Å². The van der Waals surface area contributed by atoms with Crippen LogP contribution in [0, 0.1) is 0 Å². The zero-order chi connectivity index (χ0) is 14.8. The summed E-state index contributed by atoms with van der Waals surface area (Å²) in [5, 5.41) is 5.53. The molecule has 0 fully saturated rings. The number of amides is 2. The maximum absolute atomic E-state index is 12.1. The van der Waals surface area contributed by atoms with Crippen molar-refractivity contribution >= 4 is 11.8 Å². The van der Waals surface area contributed by atoms with Gasteiger partial charge in [-0.05, 0) is 30.5 Å². The van der Waals surface area contributed by atoms with Gasteiger partial charge in [-0.1, -0.05) is 30.9 Å². The van der Waals surface area contributed by atoms with Crippen molar-refractivity contribution in [3.05, 3.63) is 60.7 Å². The first-order chi connectivity index (χ1) is 9.69. The first kappa shape index (κ1) is 15.7. The third-order valence-corrected chi connectivity index (χ3v) is 2.77. The first-order valence-electron chi connectivity index (χ1n) is 6.56. The standard InChI is InChI=1S/C16H20N2O2/c1-3-5-8-11-17-16(20)14-10-7-6-9-13(14)12-18-15(19)4-2/h3-4,6-7,9-10H,1-2,5,8,11-12H2,(H,17,20)(H,18,19). The maximum atomic E-state index is 12.1. The summed E-state index contributed by atoms with van der Waals surface area (Å²) in [6.07, 6.45) is 4.77. The molecule has 0 spiro atoms. The molecule has 0 bridgehead atoms. The third kappa shape index (κ3) is 5.10. The molecule has 1 rings (SSSR count). The van der Waals surface area contributed by atoms with Crippen molar-refractivity contribution in [3.8, 4) is 0 Å². The molecule has 1 aromatic rings. The summed E-state index contributed by atoms with van der Waals surface area (Å²) in [6, 6.07) is 7.21. The molecule has 0 saturated carbocycles. The number of hydrogen-bond donors (Lipinski definition) is 2. The molecule has 0 aromatic heterocycles. The number of hydrogen-bond acceptors (Lipinski definition) is 2. The Hall–Kier alpha value is -2.36. The van der Waals surface area contributed by atoms with Crippen molar-refractivity contribution in [1.82, 2.24) is 10.6 Å². The van der Waals surface area contributed by atoms with Crippen LogP contribution in [0.25, 0.3) is 0 Å². The van der Waals surface area contributed by atoms with Crippen LogP contribution in [0.5, 0.6) is 0 Å².